The maximum absolute atomic E-state index is 5.60. The van der Waals surface area contributed by atoms with Crippen LogP contribution in [0.4, 0.5) is 0 Å². The van der Waals surface area contributed by atoms with Gasteiger partial charge < -0.3 is 9.47 Å². The summed E-state index contributed by atoms with van der Waals surface area (Å²) in [6.07, 6.45) is 3.97. The largest absolute Gasteiger partial charge is 0.347 e. The van der Waals surface area contributed by atoms with E-state index in [0.29, 0.717) is 6.04 Å². The zero-order chi connectivity index (χ0) is 10.5. The summed E-state index contributed by atoms with van der Waals surface area (Å²) in [6.45, 7) is 3.51. The van der Waals surface area contributed by atoms with Crippen molar-refractivity contribution in [1.82, 2.24) is 9.78 Å². The second-order valence-electron chi connectivity index (χ2n) is 4.21. The predicted octanol–water partition coefficient (Wildman–Crippen LogP) is 1.87. The molecule has 0 N–H and O–H groups in total. The molecule has 4 nitrogen and oxygen atoms in total. The third-order valence-electron chi connectivity index (χ3n) is 3.14. The van der Waals surface area contributed by atoms with Gasteiger partial charge in [-0.1, -0.05) is 0 Å². The fourth-order valence-electron chi connectivity index (χ4n) is 2.22. The summed E-state index contributed by atoms with van der Waals surface area (Å²) in [6, 6.07) is 0.449. The third kappa shape index (κ3) is 1.60. The van der Waals surface area contributed by atoms with Crippen LogP contribution in [0.5, 0.6) is 0 Å². The van der Waals surface area contributed by atoms with Crippen molar-refractivity contribution in [2.75, 3.05) is 13.2 Å². The highest BCUT2D eigenvalue weighted by atomic mass is 127. The van der Waals surface area contributed by atoms with Gasteiger partial charge >= 0.3 is 0 Å². The molecule has 5 heteroatoms. The minimum absolute atomic E-state index is 0.268. The third-order valence-corrected chi connectivity index (χ3v) is 4.20. The molecule has 0 amide bonds. The molecule has 3 rings (SSSR count). The minimum Gasteiger partial charge on any atom is -0.347 e. The first-order valence-corrected chi connectivity index (χ1v) is 6.26. The molecule has 1 aliphatic carbocycles. The summed E-state index contributed by atoms with van der Waals surface area (Å²) in [7, 11) is 0. The van der Waals surface area contributed by atoms with Gasteiger partial charge in [-0.3, -0.25) is 4.68 Å². The van der Waals surface area contributed by atoms with Gasteiger partial charge in [-0.15, -0.1) is 0 Å². The van der Waals surface area contributed by atoms with E-state index in [2.05, 4.69) is 33.9 Å². The number of aryl methyl sites for hydroxylation is 1. The number of nitrogens with zero attached hydrogens (tertiary/aromatic N) is 2. The Labute approximate surface area is 102 Å². The zero-order valence-electron chi connectivity index (χ0n) is 8.57. The first-order valence-electron chi connectivity index (χ1n) is 5.18. The van der Waals surface area contributed by atoms with Gasteiger partial charge in [0.15, 0.2) is 5.79 Å². The van der Waals surface area contributed by atoms with Gasteiger partial charge in [0, 0.05) is 19.0 Å². The maximum atomic E-state index is 5.60. The molecule has 1 saturated carbocycles. The SMILES string of the molecule is Cc1nn(C2CC3(C2)OCCO3)cc1I. The van der Waals surface area contributed by atoms with E-state index in [1.54, 1.807) is 0 Å². The lowest BCUT2D eigenvalue weighted by molar-refractivity contribution is -0.227. The molecule has 1 aliphatic heterocycles. The first-order chi connectivity index (χ1) is 7.19. The van der Waals surface area contributed by atoms with Crippen LogP contribution >= 0.6 is 22.6 Å². The Balaban J connectivity index is 1.71. The van der Waals surface area contributed by atoms with Crippen LogP contribution < -0.4 is 0 Å². The summed E-state index contributed by atoms with van der Waals surface area (Å²) >= 11 is 2.31. The zero-order valence-corrected chi connectivity index (χ0v) is 10.7. The van der Waals surface area contributed by atoms with Crippen LogP contribution in [0, 0.1) is 10.5 Å². The predicted molar refractivity (Wildman–Crippen MR) is 62.6 cm³/mol. The van der Waals surface area contributed by atoms with E-state index >= 15 is 0 Å². The van der Waals surface area contributed by atoms with E-state index in [1.807, 2.05) is 11.6 Å². The number of rotatable bonds is 1. The highest BCUT2D eigenvalue weighted by Crippen LogP contribution is 2.46. The quantitative estimate of drug-likeness (QED) is 0.741. The van der Waals surface area contributed by atoms with Crippen LogP contribution in [0.25, 0.3) is 0 Å². The Morgan fingerprint density at radius 1 is 1.47 bits per heavy atom. The molecule has 0 unspecified atom stereocenters. The molecule has 1 aromatic heterocycles. The maximum Gasteiger partial charge on any atom is 0.172 e. The second-order valence-corrected chi connectivity index (χ2v) is 5.37. The van der Waals surface area contributed by atoms with E-state index in [1.165, 1.54) is 3.57 Å². The molecule has 2 aliphatic rings. The molecule has 1 saturated heterocycles. The van der Waals surface area contributed by atoms with Gasteiger partial charge in [0.2, 0.25) is 0 Å². The highest BCUT2D eigenvalue weighted by molar-refractivity contribution is 14.1. The average molecular weight is 320 g/mol. The van der Waals surface area contributed by atoms with Crippen molar-refractivity contribution in [3.05, 3.63) is 15.5 Å². The lowest BCUT2D eigenvalue weighted by atomic mass is 9.85. The van der Waals surface area contributed by atoms with E-state index in [0.717, 1.165) is 31.7 Å². The highest BCUT2D eigenvalue weighted by Gasteiger charge is 2.50. The summed E-state index contributed by atoms with van der Waals surface area (Å²) in [5.74, 6) is -0.268. The molecule has 2 heterocycles. The van der Waals surface area contributed by atoms with E-state index in [4.69, 9.17) is 9.47 Å². The topological polar surface area (TPSA) is 36.3 Å². The molecule has 82 valence electrons. The van der Waals surface area contributed by atoms with Crippen molar-refractivity contribution < 1.29 is 9.47 Å². The molecule has 15 heavy (non-hydrogen) atoms. The van der Waals surface area contributed by atoms with Crippen molar-refractivity contribution >= 4 is 22.6 Å². The second kappa shape index (κ2) is 3.43. The molecule has 1 spiro atoms. The molecule has 0 atom stereocenters. The van der Waals surface area contributed by atoms with Gasteiger partial charge in [0.1, 0.15) is 0 Å². The van der Waals surface area contributed by atoms with Crippen molar-refractivity contribution in [2.24, 2.45) is 0 Å². The minimum atomic E-state index is -0.268. The molecule has 0 radical (unpaired) electrons. The fraction of sp³-hybridized carbons (Fsp3) is 0.700. The average Bonchev–Trinajstić information content (AvgIpc) is 2.71. The van der Waals surface area contributed by atoms with Crippen molar-refractivity contribution in [3.63, 3.8) is 0 Å². The number of halogens is 1. The van der Waals surface area contributed by atoms with Crippen molar-refractivity contribution in [3.8, 4) is 0 Å². The van der Waals surface area contributed by atoms with Crippen LogP contribution in [0.15, 0.2) is 6.20 Å². The number of aromatic nitrogens is 2. The van der Waals surface area contributed by atoms with Crippen LogP contribution in [0.1, 0.15) is 24.6 Å². The monoisotopic (exact) mass is 320 g/mol. The summed E-state index contributed by atoms with van der Waals surface area (Å²) in [5.41, 5.74) is 1.10. The summed E-state index contributed by atoms with van der Waals surface area (Å²) in [5, 5.41) is 4.48. The van der Waals surface area contributed by atoms with Gasteiger partial charge in [-0.05, 0) is 29.5 Å². The van der Waals surface area contributed by atoms with Crippen LogP contribution in [0.3, 0.4) is 0 Å². The molecule has 2 fully saturated rings. The normalized spacial score (nSPS) is 24.7. The lowest BCUT2D eigenvalue weighted by Crippen LogP contribution is -2.45. The fourth-order valence-corrected chi connectivity index (χ4v) is 2.62. The Hall–Kier alpha value is -0.140. The van der Waals surface area contributed by atoms with E-state index in [-0.39, 0.29) is 5.79 Å². The Bertz CT molecular complexity index is 357. The standard InChI is InChI=1S/C10H13IN2O2/c1-7-9(11)6-13(12-7)8-4-10(5-8)14-2-3-15-10/h6,8H,2-5H2,1H3. The van der Waals surface area contributed by atoms with Gasteiger partial charge in [0.05, 0.1) is 28.5 Å². The van der Waals surface area contributed by atoms with Crippen LogP contribution in [-0.2, 0) is 9.47 Å². The van der Waals surface area contributed by atoms with E-state index < -0.39 is 0 Å². The molecule has 0 bridgehead atoms. The van der Waals surface area contributed by atoms with E-state index in [9.17, 15) is 0 Å². The van der Waals surface area contributed by atoms with Crippen molar-refractivity contribution in [2.45, 2.75) is 31.6 Å². The Morgan fingerprint density at radius 2 is 2.13 bits per heavy atom. The number of ether oxygens (including phenoxy) is 2. The van der Waals surface area contributed by atoms with Gasteiger partial charge in [0.25, 0.3) is 0 Å². The smallest absolute Gasteiger partial charge is 0.172 e. The molecule has 1 aromatic rings. The van der Waals surface area contributed by atoms with Gasteiger partial charge in [-0.2, -0.15) is 5.10 Å². The lowest BCUT2D eigenvalue weighted by Gasteiger charge is -2.42. The van der Waals surface area contributed by atoms with Crippen LogP contribution in [-0.4, -0.2) is 28.8 Å². The van der Waals surface area contributed by atoms with Crippen molar-refractivity contribution in [1.29, 1.82) is 0 Å². The molecular weight excluding hydrogens is 307 g/mol. The first kappa shape index (κ1) is 10.0. The van der Waals surface area contributed by atoms with Gasteiger partial charge in [-0.25, -0.2) is 0 Å². The number of hydrogen-bond acceptors (Lipinski definition) is 3. The summed E-state index contributed by atoms with van der Waals surface area (Å²) in [4.78, 5) is 0. The van der Waals surface area contributed by atoms with Crippen LogP contribution in [0.2, 0.25) is 0 Å². The Morgan fingerprint density at radius 3 is 2.67 bits per heavy atom. The molecule has 0 aromatic carbocycles. The Kier molecular flexibility index (Phi) is 2.29. The molecular formula is C10H13IN2O2. The number of hydrogen-bond donors (Lipinski definition) is 0. The summed E-state index contributed by atoms with van der Waals surface area (Å²) < 4.78 is 14.5.